The minimum Gasteiger partial charge on any atom is -0.490 e. The van der Waals surface area contributed by atoms with Crippen LogP contribution in [0.2, 0.25) is 0 Å². The molecular formula is C17H29NO3. The Bertz CT molecular complexity index is 409. The van der Waals surface area contributed by atoms with Gasteiger partial charge in [0.25, 0.3) is 0 Å². The van der Waals surface area contributed by atoms with Gasteiger partial charge in [-0.3, -0.25) is 0 Å². The third-order valence-corrected chi connectivity index (χ3v) is 3.58. The van der Waals surface area contributed by atoms with Crippen molar-refractivity contribution >= 4 is 0 Å². The van der Waals surface area contributed by atoms with Gasteiger partial charge in [-0.1, -0.05) is 13.0 Å². The molecule has 0 fully saturated rings. The minimum absolute atomic E-state index is 0.273. The zero-order valence-corrected chi connectivity index (χ0v) is 13.9. The molecule has 21 heavy (non-hydrogen) atoms. The van der Waals surface area contributed by atoms with Crippen molar-refractivity contribution in [3.05, 3.63) is 23.8 Å². The molecule has 0 bridgehead atoms. The van der Waals surface area contributed by atoms with Crippen molar-refractivity contribution in [2.24, 2.45) is 5.92 Å². The largest absolute Gasteiger partial charge is 0.490 e. The number of benzene rings is 1. The van der Waals surface area contributed by atoms with E-state index in [1.165, 1.54) is 5.56 Å². The topological polar surface area (TPSA) is 39.7 Å². The van der Waals surface area contributed by atoms with Gasteiger partial charge in [0, 0.05) is 19.8 Å². The Balaban J connectivity index is 2.95. The first-order chi connectivity index (χ1) is 10.2. The minimum atomic E-state index is 0.273. The predicted octanol–water partition coefficient (Wildman–Crippen LogP) is 3.42. The fourth-order valence-electron chi connectivity index (χ4n) is 2.51. The van der Waals surface area contributed by atoms with E-state index in [1.807, 2.05) is 27.0 Å². The molecule has 0 aromatic heterocycles. The van der Waals surface area contributed by atoms with Gasteiger partial charge in [-0.05, 0) is 50.9 Å². The number of hydrogen-bond acceptors (Lipinski definition) is 4. The van der Waals surface area contributed by atoms with Crippen molar-refractivity contribution in [1.29, 1.82) is 0 Å². The molecule has 4 nitrogen and oxygen atoms in total. The average Bonchev–Trinajstić information content (AvgIpc) is 2.49. The second-order valence-corrected chi connectivity index (χ2v) is 5.10. The molecule has 0 saturated carbocycles. The van der Waals surface area contributed by atoms with E-state index in [4.69, 9.17) is 14.2 Å². The van der Waals surface area contributed by atoms with E-state index in [1.54, 1.807) is 7.11 Å². The molecule has 0 radical (unpaired) electrons. The first-order valence-corrected chi connectivity index (χ1v) is 7.73. The smallest absolute Gasteiger partial charge is 0.161 e. The fraction of sp³-hybridized carbons (Fsp3) is 0.647. The number of hydrogen-bond donors (Lipinski definition) is 1. The highest BCUT2D eigenvalue weighted by atomic mass is 16.5. The van der Waals surface area contributed by atoms with Crippen molar-refractivity contribution in [1.82, 2.24) is 5.32 Å². The van der Waals surface area contributed by atoms with Crippen LogP contribution in [0.1, 0.15) is 38.8 Å². The Morgan fingerprint density at radius 1 is 1.10 bits per heavy atom. The Labute approximate surface area is 128 Å². The Morgan fingerprint density at radius 2 is 1.76 bits per heavy atom. The van der Waals surface area contributed by atoms with Crippen LogP contribution in [0.3, 0.4) is 0 Å². The summed E-state index contributed by atoms with van der Waals surface area (Å²) in [6.45, 7) is 8.24. The lowest BCUT2D eigenvalue weighted by Crippen LogP contribution is -2.24. The highest BCUT2D eigenvalue weighted by molar-refractivity contribution is 5.44. The Morgan fingerprint density at radius 3 is 2.33 bits per heavy atom. The van der Waals surface area contributed by atoms with Crippen LogP contribution in [-0.4, -0.2) is 34.0 Å². The number of nitrogens with one attached hydrogen (secondary N) is 1. The summed E-state index contributed by atoms with van der Waals surface area (Å²) in [5.41, 5.74) is 1.22. The quantitative estimate of drug-likeness (QED) is 0.718. The third kappa shape index (κ3) is 5.21. The van der Waals surface area contributed by atoms with Crippen LogP contribution in [-0.2, 0) is 4.74 Å². The molecule has 0 aliphatic carbocycles. The van der Waals surface area contributed by atoms with Crippen LogP contribution < -0.4 is 14.8 Å². The number of rotatable bonds is 10. The predicted molar refractivity (Wildman–Crippen MR) is 86.2 cm³/mol. The number of ether oxygens (including phenoxy) is 3. The maximum absolute atomic E-state index is 5.71. The van der Waals surface area contributed by atoms with E-state index < -0.39 is 0 Å². The standard InChI is InChI=1S/C17H29NO3/c1-6-20-15-9-8-14(12-16(15)21-7-2)17(18-4)13(3)10-11-19-5/h8-9,12-13,17-18H,6-7,10-11H2,1-5H3. The third-order valence-electron chi connectivity index (χ3n) is 3.58. The molecule has 0 spiro atoms. The van der Waals surface area contributed by atoms with Gasteiger partial charge < -0.3 is 19.5 Å². The van der Waals surface area contributed by atoms with Crippen molar-refractivity contribution in [3.63, 3.8) is 0 Å². The summed E-state index contributed by atoms with van der Waals surface area (Å²) in [6.07, 6.45) is 1.01. The van der Waals surface area contributed by atoms with Gasteiger partial charge in [-0.25, -0.2) is 0 Å². The van der Waals surface area contributed by atoms with Crippen molar-refractivity contribution < 1.29 is 14.2 Å². The molecule has 0 aliphatic rings. The van der Waals surface area contributed by atoms with E-state index in [9.17, 15) is 0 Å². The first-order valence-electron chi connectivity index (χ1n) is 7.73. The molecule has 0 amide bonds. The van der Waals surface area contributed by atoms with Gasteiger partial charge in [0.05, 0.1) is 13.2 Å². The zero-order chi connectivity index (χ0) is 15.7. The molecule has 0 saturated heterocycles. The second-order valence-electron chi connectivity index (χ2n) is 5.10. The molecule has 0 aliphatic heterocycles. The summed E-state index contributed by atoms with van der Waals surface area (Å²) in [7, 11) is 3.73. The average molecular weight is 295 g/mol. The molecule has 1 aromatic carbocycles. The molecular weight excluding hydrogens is 266 g/mol. The van der Waals surface area contributed by atoms with Crippen LogP contribution in [0.25, 0.3) is 0 Å². The summed E-state index contributed by atoms with van der Waals surface area (Å²) in [5, 5.41) is 3.40. The van der Waals surface area contributed by atoms with E-state index >= 15 is 0 Å². The summed E-state index contributed by atoms with van der Waals surface area (Å²) in [4.78, 5) is 0. The van der Waals surface area contributed by atoms with Crippen LogP contribution in [0.15, 0.2) is 18.2 Å². The first kappa shape index (κ1) is 17.8. The highest BCUT2D eigenvalue weighted by Crippen LogP contribution is 2.33. The Kier molecular flexibility index (Phi) is 8.16. The van der Waals surface area contributed by atoms with Gasteiger partial charge >= 0.3 is 0 Å². The van der Waals surface area contributed by atoms with Crippen LogP contribution >= 0.6 is 0 Å². The summed E-state index contributed by atoms with van der Waals surface area (Å²) < 4.78 is 16.5. The number of methoxy groups -OCH3 is 1. The summed E-state index contributed by atoms with van der Waals surface area (Å²) >= 11 is 0. The van der Waals surface area contributed by atoms with Crippen molar-refractivity contribution in [2.75, 3.05) is 34.0 Å². The SMILES string of the molecule is CCOc1ccc(C(NC)C(C)CCOC)cc1OCC. The van der Waals surface area contributed by atoms with E-state index in [-0.39, 0.29) is 6.04 Å². The van der Waals surface area contributed by atoms with Gasteiger partial charge in [0.15, 0.2) is 11.5 Å². The zero-order valence-electron chi connectivity index (χ0n) is 13.9. The van der Waals surface area contributed by atoms with E-state index in [0.29, 0.717) is 19.1 Å². The van der Waals surface area contributed by atoms with Crippen molar-refractivity contribution in [3.8, 4) is 11.5 Å². The molecule has 2 unspecified atom stereocenters. The normalized spacial score (nSPS) is 13.8. The fourth-order valence-corrected chi connectivity index (χ4v) is 2.51. The van der Waals surface area contributed by atoms with Crippen LogP contribution in [0.4, 0.5) is 0 Å². The lowest BCUT2D eigenvalue weighted by Gasteiger charge is -2.25. The molecule has 1 aromatic rings. The Hall–Kier alpha value is -1.26. The molecule has 1 N–H and O–H groups in total. The summed E-state index contributed by atoms with van der Waals surface area (Å²) in [5.74, 6) is 2.10. The monoisotopic (exact) mass is 295 g/mol. The molecule has 0 heterocycles. The van der Waals surface area contributed by atoms with Gasteiger partial charge in [0.2, 0.25) is 0 Å². The maximum Gasteiger partial charge on any atom is 0.161 e. The highest BCUT2D eigenvalue weighted by Gasteiger charge is 2.19. The molecule has 120 valence electrons. The lowest BCUT2D eigenvalue weighted by molar-refractivity contribution is 0.171. The van der Waals surface area contributed by atoms with Crippen LogP contribution in [0.5, 0.6) is 11.5 Å². The van der Waals surface area contributed by atoms with Gasteiger partial charge in [-0.15, -0.1) is 0 Å². The summed E-state index contributed by atoms with van der Waals surface area (Å²) in [6, 6.07) is 6.46. The second kappa shape index (κ2) is 9.64. The maximum atomic E-state index is 5.71. The lowest BCUT2D eigenvalue weighted by atomic mass is 9.92. The van der Waals surface area contributed by atoms with Crippen LogP contribution in [0, 0.1) is 5.92 Å². The van der Waals surface area contributed by atoms with Gasteiger partial charge in [-0.2, -0.15) is 0 Å². The molecule has 2 atom stereocenters. The molecule has 4 heteroatoms. The van der Waals surface area contributed by atoms with E-state index in [0.717, 1.165) is 24.5 Å². The van der Waals surface area contributed by atoms with Crippen molar-refractivity contribution in [2.45, 2.75) is 33.2 Å². The van der Waals surface area contributed by atoms with Gasteiger partial charge in [0.1, 0.15) is 0 Å². The van der Waals surface area contributed by atoms with E-state index in [2.05, 4.69) is 24.4 Å². The molecule has 1 rings (SSSR count).